The normalized spacial score (nSPS) is 11.8. The highest BCUT2D eigenvalue weighted by molar-refractivity contribution is 5.00. The van der Waals surface area contributed by atoms with E-state index in [1.165, 1.54) is 0 Å². The van der Waals surface area contributed by atoms with Gasteiger partial charge in [0.2, 0.25) is 0 Å². The van der Waals surface area contributed by atoms with E-state index in [4.69, 9.17) is 0 Å². The maximum Gasteiger partial charge on any atom is 0.0897 e. The van der Waals surface area contributed by atoms with Crippen LogP contribution in [0.4, 0.5) is 4.39 Å². The van der Waals surface area contributed by atoms with Crippen molar-refractivity contribution in [2.45, 2.75) is 19.8 Å². The predicted octanol–water partition coefficient (Wildman–Crippen LogP) is 2.87. The molecule has 0 unspecified atom stereocenters. The maximum atomic E-state index is 11.5. The quantitative estimate of drug-likeness (QED) is 0.403. The number of hydrogen-bond donors (Lipinski definition) is 0. The first kappa shape index (κ1) is 8.41. The molecular formula is C8H13F. The highest BCUT2D eigenvalue weighted by atomic mass is 19.1. The summed E-state index contributed by atoms with van der Waals surface area (Å²) < 4.78 is 11.5. The Bertz CT molecular complexity index is 92.7. The van der Waals surface area contributed by atoms with E-state index in [-0.39, 0.29) is 6.67 Å². The molecule has 0 bridgehead atoms. The Morgan fingerprint density at radius 1 is 1.33 bits per heavy atom. The van der Waals surface area contributed by atoms with Gasteiger partial charge in [-0.05, 0) is 19.8 Å². The summed E-state index contributed by atoms with van der Waals surface area (Å²) in [5.74, 6) is 0. The minimum absolute atomic E-state index is 0.208. The molecule has 0 aromatic rings. The molecular weight excluding hydrogens is 115 g/mol. The molecule has 0 aliphatic heterocycles. The molecule has 0 radical (unpaired) electrons. The lowest BCUT2D eigenvalue weighted by atomic mass is 10.3. The fourth-order valence-electron chi connectivity index (χ4n) is 0.481. The summed E-state index contributed by atoms with van der Waals surface area (Å²) in [6, 6.07) is 0. The second-order valence-corrected chi connectivity index (χ2v) is 1.79. The molecule has 0 fully saturated rings. The van der Waals surface area contributed by atoms with Gasteiger partial charge in [0, 0.05) is 0 Å². The summed E-state index contributed by atoms with van der Waals surface area (Å²) in [6.07, 6.45) is 9.30. The van der Waals surface area contributed by atoms with E-state index in [0.717, 1.165) is 6.42 Å². The summed E-state index contributed by atoms with van der Waals surface area (Å²) in [6.45, 7) is 1.75. The van der Waals surface area contributed by atoms with E-state index in [1.807, 2.05) is 31.2 Å². The Morgan fingerprint density at radius 2 is 2.11 bits per heavy atom. The van der Waals surface area contributed by atoms with Crippen molar-refractivity contribution in [3.8, 4) is 0 Å². The van der Waals surface area contributed by atoms with Crippen LogP contribution >= 0.6 is 0 Å². The van der Waals surface area contributed by atoms with Crippen molar-refractivity contribution in [1.29, 1.82) is 0 Å². The number of allylic oxidation sites excluding steroid dienone is 4. The predicted molar refractivity (Wildman–Crippen MR) is 39.2 cm³/mol. The summed E-state index contributed by atoms with van der Waals surface area (Å²) in [5, 5.41) is 0. The van der Waals surface area contributed by atoms with Crippen LogP contribution < -0.4 is 0 Å². The van der Waals surface area contributed by atoms with Crippen LogP contribution in [0.2, 0.25) is 0 Å². The number of unbranched alkanes of at least 4 members (excludes halogenated alkanes) is 1. The van der Waals surface area contributed by atoms with E-state index < -0.39 is 0 Å². The summed E-state index contributed by atoms with van der Waals surface area (Å²) in [5.41, 5.74) is 0. The van der Waals surface area contributed by atoms with E-state index >= 15 is 0 Å². The fourth-order valence-corrected chi connectivity index (χ4v) is 0.481. The van der Waals surface area contributed by atoms with Crippen LogP contribution in [0.1, 0.15) is 19.8 Å². The third kappa shape index (κ3) is 7.41. The first-order valence-corrected chi connectivity index (χ1v) is 3.25. The molecule has 0 nitrogen and oxygen atoms in total. The van der Waals surface area contributed by atoms with Crippen LogP contribution in [0.15, 0.2) is 24.3 Å². The van der Waals surface area contributed by atoms with Crippen LogP contribution in [0.3, 0.4) is 0 Å². The number of hydrogen-bond acceptors (Lipinski definition) is 0. The molecule has 0 spiro atoms. The highest BCUT2D eigenvalue weighted by Crippen LogP contribution is 1.90. The molecule has 0 aromatic carbocycles. The molecule has 0 aliphatic carbocycles. The van der Waals surface area contributed by atoms with E-state index in [9.17, 15) is 4.39 Å². The molecule has 0 rings (SSSR count). The monoisotopic (exact) mass is 128 g/mol. The van der Waals surface area contributed by atoms with Crippen LogP contribution in [0, 0.1) is 0 Å². The summed E-state index contributed by atoms with van der Waals surface area (Å²) >= 11 is 0. The molecule has 9 heavy (non-hydrogen) atoms. The molecule has 0 saturated carbocycles. The van der Waals surface area contributed by atoms with Crippen LogP contribution in [0.25, 0.3) is 0 Å². The Morgan fingerprint density at radius 3 is 2.67 bits per heavy atom. The maximum absolute atomic E-state index is 11.5. The van der Waals surface area contributed by atoms with Gasteiger partial charge in [-0.25, -0.2) is 0 Å². The van der Waals surface area contributed by atoms with Gasteiger partial charge in [0.05, 0.1) is 6.67 Å². The van der Waals surface area contributed by atoms with Gasteiger partial charge in [-0.3, -0.25) is 4.39 Å². The zero-order valence-electron chi connectivity index (χ0n) is 5.81. The van der Waals surface area contributed by atoms with Gasteiger partial charge in [0.1, 0.15) is 0 Å². The molecule has 0 atom stereocenters. The second-order valence-electron chi connectivity index (χ2n) is 1.79. The average molecular weight is 128 g/mol. The second kappa shape index (κ2) is 7.41. The van der Waals surface area contributed by atoms with Gasteiger partial charge in [-0.15, -0.1) is 0 Å². The minimum atomic E-state index is -0.208. The first-order chi connectivity index (χ1) is 4.41. The van der Waals surface area contributed by atoms with Crippen LogP contribution in [-0.2, 0) is 0 Å². The van der Waals surface area contributed by atoms with E-state index in [0.29, 0.717) is 6.42 Å². The molecule has 52 valence electrons. The molecule has 0 aliphatic rings. The third-order valence-electron chi connectivity index (χ3n) is 0.944. The Labute approximate surface area is 56.1 Å². The van der Waals surface area contributed by atoms with Crippen molar-refractivity contribution >= 4 is 0 Å². The zero-order chi connectivity index (χ0) is 6.95. The molecule has 0 aromatic heterocycles. The van der Waals surface area contributed by atoms with Crippen molar-refractivity contribution < 1.29 is 4.39 Å². The van der Waals surface area contributed by atoms with Crippen molar-refractivity contribution in [1.82, 2.24) is 0 Å². The van der Waals surface area contributed by atoms with Crippen molar-refractivity contribution in [2.75, 3.05) is 6.67 Å². The Hall–Kier alpha value is -0.590. The lowest BCUT2D eigenvalue weighted by molar-refractivity contribution is 0.475. The van der Waals surface area contributed by atoms with Crippen LogP contribution in [-0.4, -0.2) is 6.67 Å². The molecule has 0 amide bonds. The molecule has 0 N–H and O–H groups in total. The molecule has 0 heterocycles. The van der Waals surface area contributed by atoms with Gasteiger partial charge < -0.3 is 0 Å². The van der Waals surface area contributed by atoms with E-state index in [2.05, 4.69) is 0 Å². The van der Waals surface area contributed by atoms with Gasteiger partial charge in [-0.2, -0.15) is 0 Å². The highest BCUT2D eigenvalue weighted by Gasteiger charge is 1.76. The van der Waals surface area contributed by atoms with Gasteiger partial charge >= 0.3 is 0 Å². The average Bonchev–Trinajstić information content (AvgIpc) is 1.89. The van der Waals surface area contributed by atoms with Crippen molar-refractivity contribution in [2.24, 2.45) is 0 Å². The van der Waals surface area contributed by atoms with Crippen LogP contribution in [0.5, 0.6) is 0 Å². The standard InChI is InChI=1S/C8H13F/c1-2-3-4-5-6-7-8-9/h2-5H,6-8H2,1H3. The van der Waals surface area contributed by atoms with Gasteiger partial charge in [0.15, 0.2) is 0 Å². The lowest BCUT2D eigenvalue weighted by Crippen LogP contribution is -1.70. The number of halogens is 1. The molecule has 1 heteroatoms. The summed E-state index contributed by atoms with van der Waals surface area (Å²) in [7, 11) is 0. The van der Waals surface area contributed by atoms with Crippen molar-refractivity contribution in [3.05, 3.63) is 24.3 Å². The summed E-state index contributed by atoms with van der Waals surface area (Å²) in [4.78, 5) is 0. The molecule has 0 saturated heterocycles. The number of alkyl halides is 1. The lowest BCUT2D eigenvalue weighted by Gasteiger charge is -1.82. The van der Waals surface area contributed by atoms with Crippen molar-refractivity contribution in [3.63, 3.8) is 0 Å². The number of rotatable bonds is 4. The minimum Gasteiger partial charge on any atom is -0.251 e. The fraction of sp³-hybridized carbons (Fsp3) is 0.500. The SMILES string of the molecule is CC=CC=CCCCF. The Balaban J connectivity index is 3.04. The smallest absolute Gasteiger partial charge is 0.0897 e. The third-order valence-corrected chi connectivity index (χ3v) is 0.944. The van der Waals surface area contributed by atoms with Gasteiger partial charge in [0.25, 0.3) is 0 Å². The van der Waals surface area contributed by atoms with E-state index in [1.54, 1.807) is 0 Å². The zero-order valence-corrected chi connectivity index (χ0v) is 5.81. The largest absolute Gasteiger partial charge is 0.251 e. The topological polar surface area (TPSA) is 0 Å². The van der Waals surface area contributed by atoms with Gasteiger partial charge in [-0.1, -0.05) is 24.3 Å². The first-order valence-electron chi connectivity index (χ1n) is 3.25. The Kier molecular flexibility index (Phi) is 6.92.